The molecule has 2 aromatic rings. The maximum atomic E-state index is 11.4. The number of hydrogen-bond donors (Lipinski definition) is 3. The van der Waals surface area contributed by atoms with E-state index in [0.717, 1.165) is 11.3 Å². The third kappa shape index (κ3) is 3.49. The standard InChI is InChI=1S/C12H12N4O/c17-12(15-11-4-2-1-3-5-11)16-14-9-10-6-7-13-8-10/h1-9,13H,(H2,15,16,17). The van der Waals surface area contributed by atoms with Crippen LogP contribution in [0.2, 0.25) is 0 Å². The summed E-state index contributed by atoms with van der Waals surface area (Å²) in [6, 6.07) is 10.7. The van der Waals surface area contributed by atoms with E-state index in [2.05, 4.69) is 20.8 Å². The quantitative estimate of drug-likeness (QED) is 0.547. The number of para-hydroxylation sites is 1. The molecule has 0 unspecified atom stereocenters. The number of aromatic nitrogens is 1. The summed E-state index contributed by atoms with van der Waals surface area (Å²) in [5.41, 5.74) is 3.99. The Balaban J connectivity index is 1.82. The highest BCUT2D eigenvalue weighted by molar-refractivity contribution is 5.90. The van der Waals surface area contributed by atoms with Crippen molar-refractivity contribution < 1.29 is 4.79 Å². The van der Waals surface area contributed by atoms with Crippen LogP contribution in [0.15, 0.2) is 53.9 Å². The summed E-state index contributed by atoms with van der Waals surface area (Å²) in [5, 5.41) is 6.45. The molecule has 0 bridgehead atoms. The highest BCUT2D eigenvalue weighted by Gasteiger charge is 1.97. The summed E-state index contributed by atoms with van der Waals surface area (Å²) >= 11 is 0. The van der Waals surface area contributed by atoms with Gasteiger partial charge >= 0.3 is 6.03 Å². The number of nitrogens with one attached hydrogen (secondary N) is 3. The van der Waals surface area contributed by atoms with Crippen LogP contribution in [0.1, 0.15) is 5.56 Å². The van der Waals surface area contributed by atoms with Crippen LogP contribution in [0, 0.1) is 0 Å². The van der Waals surface area contributed by atoms with Crippen LogP contribution in [0.5, 0.6) is 0 Å². The highest BCUT2D eigenvalue weighted by Crippen LogP contribution is 2.03. The van der Waals surface area contributed by atoms with Gasteiger partial charge in [-0.25, -0.2) is 10.2 Å². The fraction of sp³-hybridized carbons (Fsp3) is 0. The Morgan fingerprint density at radius 3 is 2.76 bits per heavy atom. The van der Waals surface area contributed by atoms with Gasteiger partial charge in [-0.3, -0.25) is 0 Å². The van der Waals surface area contributed by atoms with Crippen LogP contribution in [-0.4, -0.2) is 17.2 Å². The predicted molar refractivity (Wildman–Crippen MR) is 67.0 cm³/mol. The molecular formula is C12H12N4O. The van der Waals surface area contributed by atoms with Crippen molar-refractivity contribution in [1.29, 1.82) is 0 Å². The number of benzene rings is 1. The third-order valence-corrected chi connectivity index (χ3v) is 2.03. The van der Waals surface area contributed by atoms with Gasteiger partial charge in [-0.1, -0.05) is 18.2 Å². The average Bonchev–Trinajstić information content (AvgIpc) is 2.83. The number of H-pyrrole nitrogens is 1. The van der Waals surface area contributed by atoms with Gasteiger partial charge in [-0.2, -0.15) is 5.10 Å². The van der Waals surface area contributed by atoms with Crippen LogP contribution in [-0.2, 0) is 0 Å². The molecule has 0 saturated heterocycles. The number of anilines is 1. The van der Waals surface area contributed by atoms with Crippen LogP contribution in [0.4, 0.5) is 10.5 Å². The second-order valence-corrected chi connectivity index (χ2v) is 3.33. The number of amides is 2. The Morgan fingerprint density at radius 2 is 2.06 bits per heavy atom. The first-order valence-corrected chi connectivity index (χ1v) is 5.12. The normalized spacial score (nSPS) is 10.4. The lowest BCUT2D eigenvalue weighted by Gasteiger charge is -2.02. The zero-order valence-corrected chi connectivity index (χ0v) is 9.05. The maximum Gasteiger partial charge on any atom is 0.339 e. The Kier molecular flexibility index (Phi) is 3.54. The molecule has 1 aromatic carbocycles. The largest absolute Gasteiger partial charge is 0.367 e. The monoisotopic (exact) mass is 228 g/mol. The molecule has 17 heavy (non-hydrogen) atoms. The van der Waals surface area contributed by atoms with Crippen LogP contribution in [0.3, 0.4) is 0 Å². The Morgan fingerprint density at radius 1 is 1.24 bits per heavy atom. The molecule has 0 atom stereocenters. The van der Waals surface area contributed by atoms with Crippen molar-refractivity contribution in [3.8, 4) is 0 Å². The summed E-state index contributed by atoms with van der Waals surface area (Å²) in [7, 11) is 0. The number of carbonyl (C=O) groups excluding carboxylic acids is 1. The van der Waals surface area contributed by atoms with Crippen LogP contribution in [0.25, 0.3) is 0 Å². The van der Waals surface area contributed by atoms with Gasteiger partial charge in [-0.15, -0.1) is 0 Å². The molecule has 2 amide bonds. The Hall–Kier alpha value is -2.56. The van der Waals surface area contributed by atoms with E-state index in [1.807, 2.05) is 24.3 Å². The van der Waals surface area contributed by atoms with Crippen molar-refractivity contribution in [3.63, 3.8) is 0 Å². The van der Waals surface area contributed by atoms with Gasteiger partial charge in [-0.05, 0) is 18.2 Å². The fourth-order valence-corrected chi connectivity index (χ4v) is 1.26. The number of hydrogen-bond acceptors (Lipinski definition) is 2. The van der Waals surface area contributed by atoms with E-state index in [0.29, 0.717) is 0 Å². The minimum absolute atomic E-state index is 0.372. The minimum Gasteiger partial charge on any atom is -0.367 e. The van der Waals surface area contributed by atoms with Gasteiger partial charge in [0, 0.05) is 23.6 Å². The van der Waals surface area contributed by atoms with E-state index in [9.17, 15) is 4.79 Å². The minimum atomic E-state index is -0.372. The molecule has 0 saturated carbocycles. The van der Waals surface area contributed by atoms with Gasteiger partial charge < -0.3 is 10.3 Å². The maximum absolute atomic E-state index is 11.4. The number of carbonyl (C=O) groups is 1. The molecule has 2 rings (SSSR count). The lowest BCUT2D eigenvalue weighted by Crippen LogP contribution is -2.24. The van der Waals surface area contributed by atoms with E-state index in [1.165, 1.54) is 0 Å². The summed E-state index contributed by atoms with van der Waals surface area (Å²) in [6.07, 6.45) is 5.12. The molecule has 86 valence electrons. The van der Waals surface area contributed by atoms with Crippen LogP contribution < -0.4 is 10.7 Å². The lowest BCUT2D eigenvalue weighted by molar-refractivity contribution is 0.252. The zero-order valence-electron chi connectivity index (χ0n) is 9.05. The number of urea groups is 1. The van der Waals surface area contributed by atoms with E-state index >= 15 is 0 Å². The molecule has 0 spiro atoms. The smallest absolute Gasteiger partial charge is 0.339 e. The first kappa shape index (κ1) is 10.9. The zero-order chi connectivity index (χ0) is 11.9. The summed E-state index contributed by atoms with van der Waals surface area (Å²) in [5.74, 6) is 0. The number of rotatable bonds is 3. The molecular weight excluding hydrogens is 216 g/mol. The molecule has 1 heterocycles. The molecule has 5 nitrogen and oxygen atoms in total. The van der Waals surface area contributed by atoms with Gasteiger partial charge in [0.2, 0.25) is 0 Å². The Labute approximate surface area is 98.6 Å². The Bertz CT molecular complexity index is 490. The van der Waals surface area contributed by atoms with E-state index in [4.69, 9.17) is 0 Å². The number of hydrazone groups is 1. The van der Waals surface area contributed by atoms with Crippen molar-refractivity contribution >= 4 is 17.9 Å². The summed E-state index contributed by atoms with van der Waals surface area (Å²) < 4.78 is 0. The van der Waals surface area contributed by atoms with Gasteiger partial charge in [0.15, 0.2) is 0 Å². The van der Waals surface area contributed by atoms with Crippen molar-refractivity contribution in [3.05, 3.63) is 54.4 Å². The van der Waals surface area contributed by atoms with Gasteiger partial charge in [0.05, 0.1) is 6.21 Å². The lowest BCUT2D eigenvalue weighted by atomic mass is 10.3. The number of aromatic amines is 1. The second kappa shape index (κ2) is 5.50. The first-order chi connectivity index (χ1) is 8.34. The summed E-state index contributed by atoms with van der Waals surface area (Å²) in [6.45, 7) is 0. The molecule has 5 heteroatoms. The molecule has 3 N–H and O–H groups in total. The number of nitrogens with zero attached hydrogens (tertiary/aromatic N) is 1. The molecule has 0 fully saturated rings. The molecule has 0 aliphatic rings. The molecule has 0 aliphatic heterocycles. The summed E-state index contributed by atoms with van der Waals surface area (Å²) in [4.78, 5) is 14.3. The third-order valence-electron chi connectivity index (χ3n) is 2.03. The highest BCUT2D eigenvalue weighted by atomic mass is 16.2. The van der Waals surface area contributed by atoms with Gasteiger partial charge in [0.25, 0.3) is 0 Å². The average molecular weight is 228 g/mol. The predicted octanol–water partition coefficient (Wildman–Crippen LogP) is 2.17. The molecule has 0 aliphatic carbocycles. The van der Waals surface area contributed by atoms with E-state index < -0.39 is 0 Å². The second-order valence-electron chi connectivity index (χ2n) is 3.33. The molecule has 1 aromatic heterocycles. The van der Waals surface area contributed by atoms with Gasteiger partial charge in [0.1, 0.15) is 0 Å². The van der Waals surface area contributed by atoms with Crippen molar-refractivity contribution in [2.24, 2.45) is 5.10 Å². The van der Waals surface area contributed by atoms with Crippen LogP contribution >= 0.6 is 0 Å². The first-order valence-electron chi connectivity index (χ1n) is 5.12. The topological polar surface area (TPSA) is 69.3 Å². The van der Waals surface area contributed by atoms with Crippen molar-refractivity contribution in [2.75, 3.05) is 5.32 Å². The molecule has 0 radical (unpaired) electrons. The van der Waals surface area contributed by atoms with E-state index in [1.54, 1.807) is 30.7 Å². The van der Waals surface area contributed by atoms with Crippen molar-refractivity contribution in [2.45, 2.75) is 0 Å². The van der Waals surface area contributed by atoms with E-state index in [-0.39, 0.29) is 6.03 Å². The van der Waals surface area contributed by atoms with Crippen molar-refractivity contribution in [1.82, 2.24) is 10.4 Å². The SMILES string of the molecule is O=C(NN=Cc1cc[nH]c1)Nc1ccccc1. The fourth-order valence-electron chi connectivity index (χ4n) is 1.26.